The number of ether oxygens (including phenoxy) is 1. The predicted molar refractivity (Wildman–Crippen MR) is 41.3 cm³/mol. The lowest BCUT2D eigenvalue weighted by molar-refractivity contribution is -0.126. The van der Waals surface area contributed by atoms with Crippen LogP contribution in [0.4, 0.5) is 0 Å². The van der Waals surface area contributed by atoms with Crippen LogP contribution in [-0.4, -0.2) is 50.7 Å². The number of methoxy groups -OCH3 is 1. The number of hydrogen-bond acceptors (Lipinski definition) is 3. The first-order chi connectivity index (χ1) is 5.22. The van der Waals surface area contributed by atoms with Gasteiger partial charge in [0.15, 0.2) is 0 Å². The summed E-state index contributed by atoms with van der Waals surface area (Å²) in [5.41, 5.74) is 0. The third-order valence-electron chi connectivity index (χ3n) is 1.70. The van der Waals surface area contributed by atoms with E-state index in [9.17, 15) is 4.79 Å². The van der Waals surface area contributed by atoms with Crippen LogP contribution in [0.5, 0.6) is 0 Å². The molecule has 0 atom stereocenters. The van der Waals surface area contributed by atoms with E-state index < -0.39 is 0 Å². The number of rotatable bonds is 3. The quantitative estimate of drug-likeness (QED) is 0.576. The van der Waals surface area contributed by atoms with Crippen LogP contribution in [0.2, 0.25) is 0 Å². The van der Waals surface area contributed by atoms with Crippen molar-refractivity contribution in [1.29, 1.82) is 0 Å². The maximum Gasteiger partial charge on any atom is 0.246 e. The van der Waals surface area contributed by atoms with Gasteiger partial charge in [0.2, 0.25) is 5.91 Å². The van der Waals surface area contributed by atoms with Crippen molar-refractivity contribution in [2.45, 2.75) is 6.04 Å². The van der Waals surface area contributed by atoms with Crippen LogP contribution in [0.3, 0.4) is 0 Å². The van der Waals surface area contributed by atoms with Gasteiger partial charge in [-0.2, -0.15) is 0 Å². The molecule has 0 aliphatic carbocycles. The van der Waals surface area contributed by atoms with Crippen molar-refractivity contribution in [3.63, 3.8) is 0 Å². The average molecular weight is 158 g/mol. The van der Waals surface area contributed by atoms with Crippen molar-refractivity contribution in [2.75, 3.05) is 33.9 Å². The van der Waals surface area contributed by atoms with Crippen LogP contribution >= 0.6 is 0 Å². The fourth-order valence-corrected chi connectivity index (χ4v) is 1.19. The van der Waals surface area contributed by atoms with Gasteiger partial charge in [0, 0.05) is 20.2 Å². The lowest BCUT2D eigenvalue weighted by atomic mass is 10.1. The number of carbonyl (C=O) groups is 1. The van der Waals surface area contributed by atoms with Crippen LogP contribution in [-0.2, 0) is 9.53 Å². The topological polar surface area (TPSA) is 41.6 Å². The van der Waals surface area contributed by atoms with Gasteiger partial charge in [0.25, 0.3) is 0 Å². The van der Waals surface area contributed by atoms with E-state index in [2.05, 4.69) is 15.0 Å². The van der Waals surface area contributed by atoms with E-state index >= 15 is 0 Å². The molecule has 0 aromatic rings. The Kier molecular flexibility index (Phi) is 2.84. The van der Waals surface area contributed by atoms with Crippen LogP contribution in [0.25, 0.3) is 0 Å². The average Bonchev–Trinajstić information content (AvgIpc) is 1.85. The van der Waals surface area contributed by atoms with E-state index in [0.717, 1.165) is 13.1 Å². The van der Waals surface area contributed by atoms with E-state index in [1.807, 2.05) is 7.05 Å². The molecule has 0 saturated carbocycles. The smallest absolute Gasteiger partial charge is 0.246 e. The Morgan fingerprint density at radius 1 is 1.73 bits per heavy atom. The molecule has 0 aromatic carbocycles. The largest absolute Gasteiger partial charge is 0.375 e. The number of amides is 1. The fourth-order valence-electron chi connectivity index (χ4n) is 1.19. The van der Waals surface area contributed by atoms with Crippen LogP contribution in [0.15, 0.2) is 0 Å². The minimum Gasteiger partial charge on any atom is -0.375 e. The number of nitrogens with zero attached hydrogens (tertiary/aromatic N) is 1. The van der Waals surface area contributed by atoms with Crippen molar-refractivity contribution in [2.24, 2.45) is 0 Å². The number of likely N-dealkylation sites (N-methyl/N-ethyl adjacent to an activating group) is 1. The number of carbonyl (C=O) groups excluding carboxylic acids is 1. The number of likely N-dealkylation sites (tertiary alicyclic amines) is 1. The second-order valence-corrected chi connectivity index (χ2v) is 2.92. The normalized spacial score (nSPS) is 19.5. The summed E-state index contributed by atoms with van der Waals surface area (Å²) in [6.07, 6.45) is 0. The molecule has 1 amide bonds. The predicted octanol–water partition coefficient (Wildman–Crippen LogP) is -0.937. The summed E-state index contributed by atoms with van der Waals surface area (Å²) in [5.74, 6) is -0.0226. The van der Waals surface area contributed by atoms with E-state index in [-0.39, 0.29) is 12.5 Å². The fraction of sp³-hybridized carbons (Fsp3) is 0.857. The van der Waals surface area contributed by atoms with Gasteiger partial charge in [0.05, 0.1) is 6.04 Å². The zero-order chi connectivity index (χ0) is 8.27. The van der Waals surface area contributed by atoms with Crippen molar-refractivity contribution in [1.82, 2.24) is 10.2 Å². The molecule has 0 bridgehead atoms. The summed E-state index contributed by atoms with van der Waals surface area (Å²) in [5, 5.41) is 2.84. The molecule has 0 unspecified atom stereocenters. The second-order valence-electron chi connectivity index (χ2n) is 2.92. The zero-order valence-electron chi connectivity index (χ0n) is 6.96. The number of hydrogen-bond donors (Lipinski definition) is 1. The highest BCUT2D eigenvalue weighted by molar-refractivity contribution is 5.77. The molecule has 0 aromatic heterocycles. The van der Waals surface area contributed by atoms with Gasteiger partial charge in [-0.1, -0.05) is 0 Å². The van der Waals surface area contributed by atoms with E-state index in [4.69, 9.17) is 0 Å². The summed E-state index contributed by atoms with van der Waals surface area (Å²) in [4.78, 5) is 13.0. The van der Waals surface area contributed by atoms with Gasteiger partial charge in [-0.05, 0) is 7.05 Å². The molecule has 1 aliphatic heterocycles. The Labute approximate surface area is 66.5 Å². The standard InChI is InChI=1S/C7H14N2O2/c1-9-3-6(4-9)8-7(10)5-11-2/h6H,3-5H2,1-2H3,(H,8,10). The van der Waals surface area contributed by atoms with Gasteiger partial charge >= 0.3 is 0 Å². The second kappa shape index (κ2) is 3.69. The maximum absolute atomic E-state index is 10.9. The summed E-state index contributed by atoms with van der Waals surface area (Å²) < 4.78 is 4.67. The highest BCUT2D eigenvalue weighted by Gasteiger charge is 2.23. The molecule has 1 N–H and O–H groups in total. The van der Waals surface area contributed by atoms with Crippen molar-refractivity contribution < 1.29 is 9.53 Å². The van der Waals surface area contributed by atoms with Crippen LogP contribution in [0.1, 0.15) is 0 Å². The first-order valence-corrected chi connectivity index (χ1v) is 3.69. The van der Waals surface area contributed by atoms with Crippen molar-refractivity contribution >= 4 is 5.91 Å². The third kappa shape index (κ3) is 2.48. The van der Waals surface area contributed by atoms with Gasteiger partial charge < -0.3 is 15.0 Å². The Morgan fingerprint density at radius 2 is 2.36 bits per heavy atom. The van der Waals surface area contributed by atoms with Gasteiger partial charge in [-0.3, -0.25) is 4.79 Å². The molecule has 11 heavy (non-hydrogen) atoms. The van der Waals surface area contributed by atoms with E-state index in [1.54, 1.807) is 0 Å². The lowest BCUT2D eigenvalue weighted by Gasteiger charge is -2.36. The summed E-state index contributed by atoms with van der Waals surface area (Å²) in [6, 6.07) is 0.336. The molecule has 1 fully saturated rings. The van der Waals surface area contributed by atoms with Gasteiger partial charge in [-0.25, -0.2) is 0 Å². The Morgan fingerprint density at radius 3 is 2.82 bits per heavy atom. The molecule has 64 valence electrons. The molecule has 1 rings (SSSR count). The molecule has 1 saturated heterocycles. The van der Waals surface area contributed by atoms with Crippen LogP contribution in [0, 0.1) is 0 Å². The first kappa shape index (κ1) is 8.49. The van der Waals surface area contributed by atoms with Crippen molar-refractivity contribution in [3.8, 4) is 0 Å². The maximum atomic E-state index is 10.9. The summed E-state index contributed by atoms with van der Waals surface area (Å²) in [6.45, 7) is 2.07. The highest BCUT2D eigenvalue weighted by Crippen LogP contribution is 2.02. The molecule has 4 heteroatoms. The van der Waals surface area contributed by atoms with E-state index in [0.29, 0.717) is 6.04 Å². The molecule has 4 nitrogen and oxygen atoms in total. The Balaban J connectivity index is 2.07. The van der Waals surface area contributed by atoms with Gasteiger partial charge in [-0.15, -0.1) is 0 Å². The molecule has 0 radical (unpaired) electrons. The molecular weight excluding hydrogens is 144 g/mol. The minimum absolute atomic E-state index is 0.0226. The third-order valence-corrected chi connectivity index (χ3v) is 1.70. The van der Waals surface area contributed by atoms with Gasteiger partial charge in [0.1, 0.15) is 6.61 Å². The Bertz CT molecular complexity index is 143. The Hall–Kier alpha value is -0.610. The molecule has 1 aliphatic rings. The van der Waals surface area contributed by atoms with Crippen molar-refractivity contribution in [3.05, 3.63) is 0 Å². The SMILES string of the molecule is COCC(=O)NC1CN(C)C1. The first-order valence-electron chi connectivity index (χ1n) is 3.69. The highest BCUT2D eigenvalue weighted by atomic mass is 16.5. The monoisotopic (exact) mass is 158 g/mol. The molecule has 0 spiro atoms. The number of nitrogens with one attached hydrogen (secondary N) is 1. The minimum atomic E-state index is -0.0226. The zero-order valence-corrected chi connectivity index (χ0v) is 6.96. The summed E-state index contributed by atoms with van der Waals surface area (Å²) >= 11 is 0. The molecule has 1 heterocycles. The summed E-state index contributed by atoms with van der Waals surface area (Å²) in [7, 11) is 3.55. The lowest BCUT2D eigenvalue weighted by Crippen LogP contribution is -2.58. The molecular formula is C7H14N2O2. The van der Waals surface area contributed by atoms with Crippen LogP contribution < -0.4 is 5.32 Å². The van der Waals surface area contributed by atoms with E-state index in [1.165, 1.54) is 7.11 Å².